The van der Waals surface area contributed by atoms with Crippen molar-refractivity contribution in [1.82, 2.24) is 0 Å². The minimum Gasteiger partial charge on any atom is -0.493 e. The Labute approximate surface area is 156 Å². The van der Waals surface area contributed by atoms with E-state index >= 15 is 0 Å². The lowest BCUT2D eigenvalue weighted by atomic mass is 10.2. The molecule has 0 aromatic heterocycles. The highest BCUT2D eigenvalue weighted by Gasteiger charge is 2.12. The fourth-order valence-corrected chi connectivity index (χ4v) is 2.19. The number of nitro benzene ring substituents is 1. The third kappa shape index (κ3) is 6.43. The predicted octanol–water partition coefficient (Wildman–Crippen LogP) is 3.16. The summed E-state index contributed by atoms with van der Waals surface area (Å²) in [6.07, 6.45) is 0.0116. The zero-order valence-electron chi connectivity index (χ0n) is 15.1. The van der Waals surface area contributed by atoms with E-state index < -0.39 is 23.4 Å². The lowest BCUT2D eigenvalue weighted by molar-refractivity contribution is -0.384. The summed E-state index contributed by atoms with van der Waals surface area (Å²) >= 11 is 0. The third-order valence-corrected chi connectivity index (χ3v) is 3.66. The van der Waals surface area contributed by atoms with Gasteiger partial charge in [-0.05, 0) is 37.6 Å². The zero-order valence-corrected chi connectivity index (χ0v) is 15.1. The summed E-state index contributed by atoms with van der Waals surface area (Å²) in [4.78, 5) is 33.7. The van der Waals surface area contributed by atoms with E-state index in [1.165, 1.54) is 18.2 Å². The highest BCUT2D eigenvalue weighted by Crippen LogP contribution is 2.21. The van der Waals surface area contributed by atoms with Crippen molar-refractivity contribution in [2.24, 2.45) is 0 Å². The molecule has 1 N–H and O–H groups in total. The highest BCUT2D eigenvalue weighted by molar-refractivity contribution is 5.93. The lowest BCUT2D eigenvalue weighted by Gasteiger charge is -2.09. The van der Waals surface area contributed by atoms with Gasteiger partial charge < -0.3 is 14.8 Å². The van der Waals surface area contributed by atoms with Gasteiger partial charge in [0.05, 0.1) is 18.0 Å². The molecule has 0 atom stereocenters. The van der Waals surface area contributed by atoms with E-state index in [-0.39, 0.29) is 18.7 Å². The van der Waals surface area contributed by atoms with E-state index in [0.29, 0.717) is 17.0 Å². The topological polar surface area (TPSA) is 108 Å². The number of carbonyl (C=O) groups excluding carboxylic acids is 2. The molecule has 0 aliphatic rings. The molecule has 8 heteroatoms. The van der Waals surface area contributed by atoms with Crippen LogP contribution in [0.1, 0.15) is 17.5 Å². The number of carbonyl (C=O) groups is 2. The molecule has 1 amide bonds. The van der Waals surface area contributed by atoms with Crippen LogP contribution in [0.4, 0.5) is 11.4 Å². The van der Waals surface area contributed by atoms with Crippen molar-refractivity contribution < 1.29 is 24.0 Å². The van der Waals surface area contributed by atoms with Crippen molar-refractivity contribution >= 4 is 23.3 Å². The normalized spacial score (nSPS) is 10.1. The molecule has 0 aliphatic carbocycles. The number of benzene rings is 2. The number of nitrogens with one attached hydrogen (secondary N) is 1. The zero-order chi connectivity index (χ0) is 19.8. The first kappa shape index (κ1) is 19.9. The van der Waals surface area contributed by atoms with Crippen molar-refractivity contribution in [2.45, 2.75) is 20.3 Å². The number of rotatable bonds is 8. The molecule has 0 bridgehead atoms. The molecule has 27 heavy (non-hydrogen) atoms. The predicted molar refractivity (Wildman–Crippen MR) is 98.7 cm³/mol. The Morgan fingerprint density at radius 3 is 2.44 bits per heavy atom. The van der Waals surface area contributed by atoms with Crippen molar-refractivity contribution in [3.63, 3.8) is 0 Å². The summed E-state index contributed by atoms with van der Waals surface area (Å²) < 4.78 is 10.3. The van der Waals surface area contributed by atoms with Gasteiger partial charge in [-0.3, -0.25) is 19.7 Å². The van der Waals surface area contributed by atoms with Crippen LogP contribution in [0, 0.1) is 24.0 Å². The van der Waals surface area contributed by atoms with Crippen LogP contribution in [0.2, 0.25) is 0 Å². The fraction of sp³-hybridized carbons (Fsp3) is 0.263. The van der Waals surface area contributed by atoms with E-state index in [2.05, 4.69) is 5.32 Å². The number of anilines is 1. The Morgan fingerprint density at radius 2 is 1.81 bits per heavy atom. The van der Waals surface area contributed by atoms with Gasteiger partial charge in [0, 0.05) is 17.8 Å². The SMILES string of the molecule is Cc1ccc(OCCC(=O)OCC(=O)Nc2ccc([N+](=O)[O-])cc2C)cc1. The molecular formula is C19H20N2O6. The van der Waals surface area contributed by atoms with Crippen molar-refractivity contribution in [1.29, 1.82) is 0 Å². The average Bonchev–Trinajstić information content (AvgIpc) is 2.63. The number of hydrogen-bond donors (Lipinski definition) is 1. The van der Waals surface area contributed by atoms with Gasteiger partial charge in [0.25, 0.3) is 11.6 Å². The number of hydrogen-bond acceptors (Lipinski definition) is 6. The average molecular weight is 372 g/mol. The monoisotopic (exact) mass is 372 g/mol. The number of ether oxygens (including phenoxy) is 2. The molecule has 0 aliphatic heterocycles. The molecule has 0 heterocycles. The van der Waals surface area contributed by atoms with Crippen LogP contribution in [0.5, 0.6) is 5.75 Å². The summed E-state index contributed by atoms with van der Waals surface area (Å²) in [7, 11) is 0. The molecule has 2 aromatic carbocycles. The standard InChI is InChI=1S/C19H20N2O6/c1-13-3-6-16(7-4-13)26-10-9-19(23)27-12-18(22)20-17-8-5-15(21(24)25)11-14(17)2/h3-8,11H,9-10,12H2,1-2H3,(H,20,22). The Morgan fingerprint density at radius 1 is 1.11 bits per heavy atom. The maximum Gasteiger partial charge on any atom is 0.309 e. The maximum absolute atomic E-state index is 11.9. The Balaban J connectivity index is 1.72. The second-order valence-electron chi connectivity index (χ2n) is 5.88. The fourth-order valence-electron chi connectivity index (χ4n) is 2.19. The van der Waals surface area contributed by atoms with Crippen molar-refractivity contribution in [3.8, 4) is 5.75 Å². The van der Waals surface area contributed by atoms with Gasteiger partial charge in [-0.15, -0.1) is 0 Å². The van der Waals surface area contributed by atoms with Crippen LogP contribution in [0.25, 0.3) is 0 Å². The van der Waals surface area contributed by atoms with Crippen LogP contribution < -0.4 is 10.1 Å². The first-order chi connectivity index (χ1) is 12.8. The summed E-state index contributed by atoms with van der Waals surface area (Å²) in [6.45, 7) is 3.30. The van der Waals surface area contributed by atoms with E-state index in [1.807, 2.05) is 19.1 Å². The quantitative estimate of drug-likeness (QED) is 0.433. The first-order valence-corrected chi connectivity index (χ1v) is 8.25. The minimum absolute atomic E-state index is 0.0116. The number of aryl methyl sites for hydroxylation is 2. The Kier molecular flexibility index (Phi) is 6.87. The van der Waals surface area contributed by atoms with Gasteiger partial charge in [-0.2, -0.15) is 0 Å². The number of amides is 1. The van der Waals surface area contributed by atoms with Crippen LogP contribution in [0.15, 0.2) is 42.5 Å². The van der Waals surface area contributed by atoms with Crippen LogP contribution >= 0.6 is 0 Å². The van der Waals surface area contributed by atoms with Crippen LogP contribution in [0.3, 0.4) is 0 Å². The molecular weight excluding hydrogens is 352 g/mol. The molecule has 0 saturated heterocycles. The number of nitro groups is 1. The van der Waals surface area contributed by atoms with E-state index in [4.69, 9.17) is 9.47 Å². The molecule has 0 radical (unpaired) electrons. The molecule has 8 nitrogen and oxygen atoms in total. The molecule has 0 spiro atoms. The summed E-state index contributed by atoms with van der Waals surface area (Å²) in [5.74, 6) is -0.433. The number of nitrogens with zero attached hydrogens (tertiary/aromatic N) is 1. The van der Waals surface area contributed by atoms with Gasteiger partial charge in [0.15, 0.2) is 6.61 Å². The molecule has 0 saturated carbocycles. The third-order valence-electron chi connectivity index (χ3n) is 3.66. The van der Waals surface area contributed by atoms with Crippen molar-refractivity contribution in [3.05, 3.63) is 63.7 Å². The summed E-state index contributed by atoms with van der Waals surface area (Å²) in [5.41, 5.74) is 2.00. The number of non-ortho nitro benzene ring substituents is 1. The van der Waals surface area contributed by atoms with E-state index in [9.17, 15) is 19.7 Å². The molecule has 0 fully saturated rings. The van der Waals surface area contributed by atoms with Gasteiger partial charge in [0.2, 0.25) is 0 Å². The highest BCUT2D eigenvalue weighted by atomic mass is 16.6. The number of esters is 1. The van der Waals surface area contributed by atoms with E-state index in [1.54, 1.807) is 19.1 Å². The summed E-state index contributed by atoms with van der Waals surface area (Å²) in [5, 5.41) is 13.3. The van der Waals surface area contributed by atoms with Gasteiger partial charge in [0.1, 0.15) is 5.75 Å². The van der Waals surface area contributed by atoms with Gasteiger partial charge in [-0.25, -0.2) is 0 Å². The van der Waals surface area contributed by atoms with Gasteiger partial charge in [-0.1, -0.05) is 17.7 Å². The second kappa shape index (κ2) is 9.33. The first-order valence-electron chi connectivity index (χ1n) is 8.25. The van der Waals surface area contributed by atoms with Gasteiger partial charge >= 0.3 is 5.97 Å². The largest absolute Gasteiger partial charge is 0.493 e. The molecule has 0 unspecified atom stereocenters. The van der Waals surface area contributed by atoms with Crippen molar-refractivity contribution in [2.75, 3.05) is 18.5 Å². The second-order valence-corrected chi connectivity index (χ2v) is 5.88. The van der Waals surface area contributed by atoms with Crippen LogP contribution in [-0.4, -0.2) is 30.0 Å². The van der Waals surface area contributed by atoms with Crippen LogP contribution in [-0.2, 0) is 14.3 Å². The van der Waals surface area contributed by atoms with E-state index in [0.717, 1.165) is 5.56 Å². The Hall–Kier alpha value is -3.42. The summed E-state index contributed by atoms with van der Waals surface area (Å²) in [6, 6.07) is 11.5. The maximum atomic E-state index is 11.9. The lowest BCUT2D eigenvalue weighted by Crippen LogP contribution is -2.22. The molecule has 142 valence electrons. The Bertz CT molecular complexity index is 833. The minimum atomic E-state index is -0.558. The molecule has 2 aromatic rings. The smallest absolute Gasteiger partial charge is 0.309 e. The molecule has 2 rings (SSSR count).